The molecule has 2 rings (SSSR count). The normalized spacial score (nSPS) is 10.5. The van der Waals surface area contributed by atoms with Gasteiger partial charge in [0, 0.05) is 18.1 Å². The van der Waals surface area contributed by atoms with Crippen molar-refractivity contribution in [2.45, 2.75) is 0 Å². The van der Waals surface area contributed by atoms with E-state index in [1.165, 1.54) is 11.8 Å². The van der Waals surface area contributed by atoms with Crippen molar-refractivity contribution >= 4 is 22.6 Å². The summed E-state index contributed by atoms with van der Waals surface area (Å²) >= 11 is 0. The van der Waals surface area contributed by atoms with E-state index in [0.717, 1.165) is 5.39 Å². The molecule has 0 aliphatic heterocycles. The Labute approximate surface area is 86.4 Å². The van der Waals surface area contributed by atoms with Crippen LogP contribution in [-0.2, 0) is 11.8 Å². The van der Waals surface area contributed by atoms with Crippen molar-refractivity contribution in [3.8, 4) is 0 Å². The van der Waals surface area contributed by atoms with Crippen molar-refractivity contribution in [2.75, 3.05) is 12.8 Å². The Hall–Kier alpha value is -2.04. The third-order valence-electron chi connectivity index (χ3n) is 2.24. The summed E-state index contributed by atoms with van der Waals surface area (Å²) in [7, 11) is 3.04. The number of hydrogen-bond donors (Lipinski definition) is 1. The van der Waals surface area contributed by atoms with Gasteiger partial charge in [0.2, 0.25) is 0 Å². The average molecular weight is 205 g/mol. The van der Waals surface area contributed by atoms with Gasteiger partial charge in [0.1, 0.15) is 0 Å². The molecule has 0 saturated heterocycles. The molecule has 0 atom stereocenters. The first kappa shape index (κ1) is 9.51. The molecule has 5 heteroatoms. The van der Waals surface area contributed by atoms with Gasteiger partial charge in [-0.25, -0.2) is 4.79 Å². The fourth-order valence-corrected chi connectivity index (χ4v) is 1.56. The molecule has 5 nitrogen and oxygen atoms in total. The lowest BCUT2D eigenvalue weighted by Gasteiger charge is -1.99. The van der Waals surface area contributed by atoms with E-state index in [1.54, 1.807) is 25.2 Å². The van der Waals surface area contributed by atoms with Gasteiger partial charge in [-0.15, -0.1) is 0 Å². The van der Waals surface area contributed by atoms with Crippen molar-refractivity contribution < 1.29 is 9.53 Å². The van der Waals surface area contributed by atoms with E-state index in [9.17, 15) is 4.79 Å². The Morgan fingerprint density at radius 2 is 2.27 bits per heavy atom. The van der Waals surface area contributed by atoms with E-state index in [4.69, 9.17) is 5.73 Å². The lowest BCUT2D eigenvalue weighted by Crippen LogP contribution is -2.08. The standard InChI is InChI=1S/C10H11N3O2/c1-13-9(10(14)15-2)7-4-3-6(11)5-8(7)12-13/h3-5H,11H2,1-2H3. The molecule has 0 amide bonds. The molecule has 1 aromatic carbocycles. The molecule has 0 unspecified atom stereocenters. The Balaban J connectivity index is 2.73. The molecule has 0 bridgehead atoms. The smallest absolute Gasteiger partial charge is 0.356 e. The molecule has 1 aromatic heterocycles. The quantitative estimate of drug-likeness (QED) is 0.555. The molecule has 0 aliphatic carbocycles. The number of nitrogens with two attached hydrogens (primary N) is 1. The van der Waals surface area contributed by atoms with Gasteiger partial charge >= 0.3 is 5.97 Å². The molecular weight excluding hydrogens is 194 g/mol. The Morgan fingerprint density at radius 3 is 2.93 bits per heavy atom. The highest BCUT2D eigenvalue weighted by Gasteiger charge is 2.16. The summed E-state index contributed by atoms with van der Waals surface area (Å²) < 4.78 is 6.18. The minimum absolute atomic E-state index is 0.398. The predicted octanol–water partition coefficient (Wildman–Crippen LogP) is 0.942. The van der Waals surface area contributed by atoms with Crippen LogP contribution in [0.15, 0.2) is 18.2 Å². The minimum atomic E-state index is -0.398. The summed E-state index contributed by atoms with van der Waals surface area (Å²) in [4.78, 5) is 11.5. The first-order chi connectivity index (χ1) is 7.13. The molecule has 15 heavy (non-hydrogen) atoms. The minimum Gasteiger partial charge on any atom is -0.464 e. The number of anilines is 1. The number of nitrogens with zero attached hydrogens (tertiary/aromatic N) is 2. The maximum absolute atomic E-state index is 11.5. The number of methoxy groups -OCH3 is 1. The van der Waals surface area contributed by atoms with E-state index in [1.807, 2.05) is 0 Å². The van der Waals surface area contributed by atoms with Crippen LogP contribution in [0.4, 0.5) is 5.69 Å². The number of aromatic nitrogens is 2. The van der Waals surface area contributed by atoms with E-state index in [-0.39, 0.29) is 0 Å². The van der Waals surface area contributed by atoms with Crippen LogP contribution in [-0.4, -0.2) is 22.9 Å². The fourth-order valence-electron chi connectivity index (χ4n) is 1.56. The first-order valence-corrected chi connectivity index (χ1v) is 4.44. The monoisotopic (exact) mass is 205 g/mol. The molecule has 0 spiro atoms. The van der Waals surface area contributed by atoms with Gasteiger partial charge in [0.05, 0.1) is 12.6 Å². The topological polar surface area (TPSA) is 70.1 Å². The number of aryl methyl sites for hydroxylation is 1. The summed E-state index contributed by atoms with van der Waals surface area (Å²) in [6.07, 6.45) is 0. The number of rotatable bonds is 1. The molecule has 0 radical (unpaired) electrons. The van der Waals surface area contributed by atoms with Crippen LogP contribution in [0.3, 0.4) is 0 Å². The summed E-state index contributed by atoms with van der Waals surface area (Å²) in [5, 5.41) is 4.93. The Morgan fingerprint density at radius 1 is 1.53 bits per heavy atom. The van der Waals surface area contributed by atoms with Gasteiger partial charge in [0.25, 0.3) is 0 Å². The van der Waals surface area contributed by atoms with Crippen LogP contribution in [0.2, 0.25) is 0 Å². The Bertz CT molecular complexity index is 531. The van der Waals surface area contributed by atoms with Crippen molar-refractivity contribution in [1.29, 1.82) is 0 Å². The van der Waals surface area contributed by atoms with Gasteiger partial charge in [-0.3, -0.25) is 4.68 Å². The number of ether oxygens (including phenoxy) is 1. The largest absolute Gasteiger partial charge is 0.464 e. The Kier molecular flexibility index (Phi) is 2.07. The van der Waals surface area contributed by atoms with Crippen molar-refractivity contribution in [1.82, 2.24) is 9.78 Å². The van der Waals surface area contributed by atoms with Crippen LogP contribution in [0.1, 0.15) is 10.5 Å². The average Bonchev–Trinajstić information content (AvgIpc) is 2.52. The third-order valence-corrected chi connectivity index (χ3v) is 2.24. The van der Waals surface area contributed by atoms with Gasteiger partial charge in [-0.05, 0) is 18.2 Å². The third kappa shape index (κ3) is 1.41. The number of esters is 1. The van der Waals surface area contributed by atoms with E-state index < -0.39 is 5.97 Å². The molecule has 0 aliphatic rings. The van der Waals surface area contributed by atoms with Gasteiger partial charge in [0.15, 0.2) is 5.69 Å². The lowest BCUT2D eigenvalue weighted by atomic mass is 10.2. The summed E-state index contributed by atoms with van der Waals surface area (Å²) in [6.45, 7) is 0. The highest BCUT2D eigenvalue weighted by atomic mass is 16.5. The number of carbonyl (C=O) groups excluding carboxylic acids is 1. The maximum atomic E-state index is 11.5. The van der Waals surface area contributed by atoms with Gasteiger partial charge in [-0.2, -0.15) is 5.10 Å². The second kappa shape index (κ2) is 3.27. The maximum Gasteiger partial charge on any atom is 0.356 e. The number of hydrogen-bond acceptors (Lipinski definition) is 4. The molecule has 2 aromatic rings. The second-order valence-electron chi connectivity index (χ2n) is 3.24. The highest BCUT2D eigenvalue weighted by Crippen LogP contribution is 2.20. The SMILES string of the molecule is COC(=O)c1c2ccc(N)cc2nn1C. The number of fused-ring (bicyclic) bond motifs is 1. The zero-order valence-corrected chi connectivity index (χ0v) is 8.52. The van der Waals surface area contributed by atoms with E-state index in [0.29, 0.717) is 16.9 Å². The van der Waals surface area contributed by atoms with E-state index in [2.05, 4.69) is 9.84 Å². The predicted molar refractivity (Wildman–Crippen MR) is 56.5 cm³/mol. The number of benzene rings is 1. The van der Waals surface area contributed by atoms with Crippen molar-refractivity contribution in [2.24, 2.45) is 7.05 Å². The molecule has 0 fully saturated rings. The zero-order valence-electron chi connectivity index (χ0n) is 8.52. The number of nitrogen functional groups attached to an aromatic ring is 1. The second-order valence-corrected chi connectivity index (χ2v) is 3.24. The fraction of sp³-hybridized carbons (Fsp3) is 0.200. The van der Waals surface area contributed by atoms with Crippen molar-refractivity contribution in [3.63, 3.8) is 0 Å². The van der Waals surface area contributed by atoms with Gasteiger partial charge < -0.3 is 10.5 Å². The first-order valence-electron chi connectivity index (χ1n) is 4.44. The van der Waals surface area contributed by atoms with Crippen LogP contribution >= 0.6 is 0 Å². The molecule has 1 heterocycles. The van der Waals surface area contributed by atoms with Crippen LogP contribution in [0.25, 0.3) is 10.9 Å². The van der Waals surface area contributed by atoms with E-state index >= 15 is 0 Å². The zero-order chi connectivity index (χ0) is 11.0. The summed E-state index contributed by atoms with van der Waals surface area (Å²) in [5.74, 6) is -0.398. The highest BCUT2D eigenvalue weighted by molar-refractivity contribution is 6.02. The number of carbonyl (C=O) groups is 1. The van der Waals surface area contributed by atoms with Gasteiger partial charge in [-0.1, -0.05) is 0 Å². The molecular formula is C10H11N3O2. The van der Waals surface area contributed by atoms with Crippen LogP contribution in [0.5, 0.6) is 0 Å². The van der Waals surface area contributed by atoms with Crippen LogP contribution < -0.4 is 5.73 Å². The molecule has 0 saturated carbocycles. The van der Waals surface area contributed by atoms with Crippen molar-refractivity contribution in [3.05, 3.63) is 23.9 Å². The lowest BCUT2D eigenvalue weighted by molar-refractivity contribution is 0.0590. The van der Waals surface area contributed by atoms with Crippen LogP contribution in [0, 0.1) is 0 Å². The molecule has 2 N–H and O–H groups in total. The summed E-state index contributed by atoms with van der Waals surface area (Å²) in [6, 6.07) is 5.22. The summed E-state index contributed by atoms with van der Waals surface area (Å²) in [5.41, 5.74) is 7.38. The molecule has 78 valence electrons.